The quantitative estimate of drug-likeness (QED) is 0.0520. The van der Waals surface area contributed by atoms with Crippen LogP contribution in [-0.4, -0.2) is 182 Å². The molecule has 20 heteroatoms. The Morgan fingerprint density at radius 3 is 1.28 bits per heavy atom. The summed E-state index contributed by atoms with van der Waals surface area (Å²) in [7, 11) is 0. The Morgan fingerprint density at radius 2 is 0.911 bits per heavy atom. The summed E-state index contributed by atoms with van der Waals surface area (Å²) < 4.78 is 27.3. The average molecular weight is 1240 g/mol. The number of hydrogen-bond acceptors (Lipinski definition) is 12. The van der Waals surface area contributed by atoms with Crippen LogP contribution < -0.4 is 42.2 Å². The van der Waals surface area contributed by atoms with Crippen molar-refractivity contribution in [2.45, 2.75) is 128 Å². The van der Waals surface area contributed by atoms with Gasteiger partial charge in [-0.15, -0.1) is 0 Å². The number of likely N-dealkylation sites (tertiary alicyclic amines) is 2. The van der Waals surface area contributed by atoms with Crippen molar-refractivity contribution in [1.29, 1.82) is 0 Å². The molecule has 0 radical (unpaired) electrons. The van der Waals surface area contributed by atoms with Gasteiger partial charge in [0.2, 0.25) is 11.8 Å². The van der Waals surface area contributed by atoms with E-state index in [0.29, 0.717) is 73.1 Å². The highest BCUT2D eigenvalue weighted by atomic mass is 19.1. The number of benzene rings is 3. The molecule has 4 saturated heterocycles. The van der Waals surface area contributed by atoms with Crippen molar-refractivity contribution in [2.75, 3.05) is 115 Å². The molecule has 90 heavy (non-hydrogen) atoms. The summed E-state index contributed by atoms with van der Waals surface area (Å²) in [5, 5.41) is 13.5. The third-order valence-electron chi connectivity index (χ3n) is 20.0. The lowest BCUT2D eigenvalue weighted by Crippen LogP contribution is -2.61. The van der Waals surface area contributed by atoms with Crippen molar-refractivity contribution in [3.63, 3.8) is 0 Å². The first-order valence-electron chi connectivity index (χ1n) is 32.8. The van der Waals surface area contributed by atoms with Crippen molar-refractivity contribution in [1.82, 2.24) is 50.8 Å². The number of anilines is 2. The van der Waals surface area contributed by atoms with Gasteiger partial charge in [0.25, 0.3) is 22.9 Å². The minimum absolute atomic E-state index is 0.00916. The number of carbonyl (C=O) groups excluding carboxylic acids is 4. The number of nitrogens with one attached hydrogen (secondary N) is 6. The van der Waals surface area contributed by atoms with Gasteiger partial charge in [-0.3, -0.25) is 38.6 Å². The molecule has 2 aromatic heterocycles. The molecule has 0 unspecified atom stereocenters. The van der Waals surface area contributed by atoms with Gasteiger partial charge < -0.3 is 50.8 Å². The van der Waals surface area contributed by atoms with E-state index in [4.69, 9.17) is 0 Å². The number of piperidine rings is 2. The molecule has 4 amide bonds. The van der Waals surface area contributed by atoms with E-state index in [0.717, 1.165) is 138 Å². The highest BCUT2D eigenvalue weighted by Gasteiger charge is 2.43. The second-order valence-corrected chi connectivity index (χ2v) is 28.0. The molecule has 6 N–H and O–H groups in total. The molecule has 482 valence electrons. The van der Waals surface area contributed by atoms with E-state index in [1.54, 1.807) is 48.5 Å². The molecule has 4 atom stereocenters. The van der Waals surface area contributed by atoms with Gasteiger partial charge in [0.15, 0.2) is 0 Å². The zero-order valence-corrected chi connectivity index (χ0v) is 53.4. The van der Waals surface area contributed by atoms with Crippen molar-refractivity contribution >= 4 is 35.0 Å². The number of halogens is 2. The molecule has 6 aliphatic heterocycles. The Kier molecular flexibility index (Phi) is 20.0. The van der Waals surface area contributed by atoms with E-state index < -0.39 is 10.8 Å². The molecule has 0 aliphatic carbocycles. The molecule has 4 fully saturated rings. The highest BCUT2D eigenvalue weighted by molar-refractivity contribution is 5.99. The van der Waals surface area contributed by atoms with Crippen LogP contribution in [0.3, 0.4) is 0 Å². The summed E-state index contributed by atoms with van der Waals surface area (Å²) in [5.74, 6) is 0.0310. The highest BCUT2D eigenvalue weighted by Crippen LogP contribution is 2.41. The number of H-pyrrole nitrogens is 2. The monoisotopic (exact) mass is 1230 g/mol. The number of fused-ring (bicyclic) bond motifs is 2. The van der Waals surface area contributed by atoms with Gasteiger partial charge in [-0.25, -0.2) is 8.78 Å². The van der Waals surface area contributed by atoms with Crippen LogP contribution in [0, 0.1) is 23.5 Å². The molecular formula is C70H92F2N12O6. The number of rotatable bonds is 20. The van der Waals surface area contributed by atoms with Crippen molar-refractivity contribution < 1.29 is 28.0 Å². The lowest BCUT2D eigenvalue weighted by Gasteiger charge is -2.43. The number of aromatic nitrogens is 2. The zero-order chi connectivity index (χ0) is 63.4. The lowest BCUT2D eigenvalue weighted by atomic mass is 9.91. The predicted octanol–water partition coefficient (Wildman–Crippen LogP) is 6.16. The smallest absolute Gasteiger partial charge is 0.251 e. The van der Waals surface area contributed by atoms with Gasteiger partial charge in [0, 0.05) is 147 Å². The van der Waals surface area contributed by atoms with Crippen LogP contribution in [0.2, 0.25) is 0 Å². The van der Waals surface area contributed by atoms with Gasteiger partial charge in [-0.2, -0.15) is 0 Å². The SMILES string of the molecule is C[C@@H]1CN(CC(=O)N2CC(C)(C)c3[nH]c(=O)c(Cc4ccc(F)cc4)cc32)[C@@H](CN2CCC(CCNC(=O)c3ccc(C(=O)NCCC4CCN(C[C@H]5CN[C@H](C)CN5CC(=O)N5CC(C)(C)c6[nH]c(=O)c(Cc7ccc(F)cc7)cc65)CC4)cc3)CC2)CN1. The van der Waals surface area contributed by atoms with Gasteiger partial charge in [0.05, 0.1) is 24.5 Å². The maximum atomic E-state index is 14.3. The normalized spacial score (nSPS) is 22.5. The number of carbonyl (C=O) groups is 4. The van der Waals surface area contributed by atoms with E-state index in [1.165, 1.54) is 24.3 Å². The molecule has 5 aromatic rings. The Bertz CT molecular complexity index is 3260. The summed E-state index contributed by atoms with van der Waals surface area (Å²) in [6, 6.07) is 23.7. The number of amides is 4. The maximum absolute atomic E-state index is 14.3. The topological polar surface area (TPSA) is 202 Å². The van der Waals surface area contributed by atoms with Gasteiger partial charge >= 0.3 is 0 Å². The van der Waals surface area contributed by atoms with Gasteiger partial charge in [-0.1, -0.05) is 52.0 Å². The fraction of sp³-hybridized carbons (Fsp3) is 0.543. The molecule has 6 aliphatic rings. The minimum atomic E-state index is -0.427. The van der Waals surface area contributed by atoms with Crippen molar-refractivity contribution in [2.24, 2.45) is 11.8 Å². The second kappa shape index (κ2) is 27.9. The van der Waals surface area contributed by atoms with Crippen LogP contribution in [0.25, 0.3) is 0 Å². The second-order valence-electron chi connectivity index (χ2n) is 28.0. The van der Waals surface area contributed by atoms with Gasteiger partial charge in [-0.05, 0) is 162 Å². The first-order chi connectivity index (χ1) is 43.1. The zero-order valence-electron chi connectivity index (χ0n) is 53.4. The minimum Gasteiger partial charge on any atom is -0.352 e. The van der Waals surface area contributed by atoms with Crippen molar-refractivity contribution in [3.8, 4) is 0 Å². The number of pyridine rings is 2. The summed E-state index contributed by atoms with van der Waals surface area (Å²) in [6.07, 6.45) is 6.56. The fourth-order valence-corrected chi connectivity index (χ4v) is 14.6. The largest absolute Gasteiger partial charge is 0.352 e. The van der Waals surface area contributed by atoms with Crippen LogP contribution >= 0.6 is 0 Å². The maximum Gasteiger partial charge on any atom is 0.251 e. The van der Waals surface area contributed by atoms with Crippen LogP contribution in [0.1, 0.15) is 134 Å². The number of nitrogens with zero attached hydrogens (tertiary/aromatic N) is 6. The van der Waals surface area contributed by atoms with Crippen molar-refractivity contribution in [3.05, 3.63) is 162 Å². The summed E-state index contributed by atoms with van der Waals surface area (Å²) >= 11 is 0. The van der Waals surface area contributed by atoms with Crippen LogP contribution in [0.5, 0.6) is 0 Å². The predicted molar refractivity (Wildman–Crippen MR) is 348 cm³/mol. The first-order valence-corrected chi connectivity index (χ1v) is 32.8. The third kappa shape index (κ3) is 15.5. The Balaban J connectivity index is 0.576. The molecule has 8 heterocycles. The summed E-state index contributed by atoms with van der Waals surface area (Å²) in [6.45, 7) is 23.7. The lowest BCUT2D eigenvalue weighted by molar-refractivity contribution is -0.121. The number of hydrogen-bond donors (Lipinski definition) is 6. The van der Waals surface area contributed by atoms with Gasteiger partial charge in [0.1, 0.15) is 11.6 Å². The van der Waals surface area contributed by atoms with Crippen LogP contribution in [-0.2, 0) is 33.3 Å². The fourth-order valence-electron chi connectivity index (χ4n) is 14.6. The van der Waals surface area contributed by atoms with Crippen LogP contribution in [0.4, 0.5) is 20.2 Å². The first kappa shape index (κ1) is 64.6. The molecule has 0 saturated carbocycles. The molecule has 3 aromatic carbocycles. The van der Waals surface area contributed by atoms with E-state index in [2.05, 4.69) is 92.4 Å². The summed E-state index contributed by atoms with van der Waals surface area (Å²) in [4.78, 5) is 101. The summed E-state index contributed by atoms with van der Waals surface area (Å²) in [5.41, 5.74) is 5.54. The Hall–Kier alpha value is -6.94. The van der Waals surface area contributed by atoms with Crippen LogP contribution in [0.15, 0.2) is 94.5 Å². The molecule has 18 nitrogen and oxygen atoms in total. The molecular weight excluding hydrogens is 1140 g/mol. The number of aromatic amines is 2. The molecule has 0 bridgehead atoms. The van der Waals surface area contributed by atoms with E-state index >= 15 is 0 Å². The molecule has 0 spiro atoms. The Morgan fingerprint density at radius 1 is 0.544 bits per heavy atom. The standard InChI is InChI=1S/C70H92F2N12O6/c1-45-37-81(41-61(85)83-43-69(3,4)63-59(83)33-53(67(89)77-63)31-49-7-15-55(71)16-8-49)57(35-75-45)39-79-27-21-47(22-28-79)19-25-73-65(87)51-11-13-52(14-12-51)66(88)74-26-20-48-23-29-80(30-24-48)40-58-36-76-46(2)38-82(58)42-62(86)84-44-70(5,6)64-60(84)34-54(68(90)78-64)32-50-9-17-56(72)18-10-50/h7-18,33-34,45-48,57-58,75-76H,19-32,35-44H2,1-6H3,(H,73,87)(H,74,88)(H,77,89)(H,78,90)/t45-,46-,57-,58-/m1/s1. The third-order valence-corrected chi connectivity index (χ3v) is 20.0. The number of piperazine rings is 2. The van der Waals surface area contributed by atoms with E-state index in [-0.39, 0.29) is 83.6 Å². The Labute approximate surface area is 527 Å². The molecule has 11 rings (SSSR count). The van der Waals surface area contributed by atoms with E-state index in [1.807, 2.05) is 21.9 Å². The average Bonchev–Trinajstić information content (AvgIpc) is 1.62. The van der Waals surface area contributed by atoms with E-state index in [9.17, 15) is 37.5 Å².